The number of nitrogens with zero attached hydrogens (tertiary/aromatic N) is 4. The number of aromatic nitrogens is 4. The fourth-order valence-corrected chi connectivity index (χ4v) is 3.83. The first-order valence-corrected chi connectivity index (χ1v) is 9.68. The molecule has 0 unspecified atom stereocenters. The summed E-state index contributed by atoms with van der Waals surface area (Å²) in [6, 6.07) is 3.62. The maximum Gasteiger partial charge on any atom is 0.231 e. The molecule has 5 rings (SSSR count). The Labute approximate surface area is 176 Å². The number of nitrogens with one attached hydrogen (secondary N) is 1. The van der Waals surface area contributed by atoms with Crippen molar-refractivity contribution in [2.45, 2.75) is 31.1 Å². The molecule has 2 aliphatic rings. The molecule has 0 amide bonds. The monoisotopic (exact) mass is 430 g/mol. The zero-order chi connectivity index (χ0) is 21.5. The van der Waals surface area contributed by atoms with Gasteiger partial charge in [-0.1, -0.05) is 0 Å². The van der Waals surface area contributed by atoms with Crippen molar-refractivity contribution in [3.63, 3.8) is 0 Å². The zero-order valence-electron chi connectivity index (χ0n) is 16.6. The number of benzene rings is 1. The van der Waals surface area contributed by atoms with E-state index in [1.807, 2.05) is 6.07 Å². The second kappa shape index (κ2) is 7.81. The van der Waals surface area contributed by atoms with Gasteiger partial charge in [-0.25, -0.2) is 15.0 Å². The van der Waals surface area contributed by atoms with Gasteiger partial charge >= 0.3 is 0 Å². The highest BCUT2D eigenvalue weighted by molar-refractivity contribution is 5.81. The van der Waals surface area contributed by atoms with Gasteiger partial charge in [0.25, 0.3) is 0 Å². The van der Waals surface area contributed by atoms with Gasteiger partial charge in [-0.2, -0.15) is 0 Å². The van der Waals surface area contributed by atoms with Gasteiger partial charge in [0.15, 0.2) is 29.2 Å². The van der Waals surface area contributed by atoms with Gasteiger partial charge in [0.2, 0.25) is 6.79 Å². The van der Waals surface area contributed by atoms with E-state index in [0.717, 1.165) is 5.56 Å². The van der Waals surface area contributed by atoms with E-state index in [1.54, 1.807) is 17.7 Å². The Morgan fingerprint density at radius 3 is 2.81 bits per heavy atom. The lowest BCUT2D eigenvalue weighted by atomic mass is 10.1. The summed E-state index contributed by atoms with van der Waals surface area (Å²) >= 11 is 0. The Morgan fingerprint density at radius 2 is 2.00 bits per heavy atom. The molecule has 3 aromatic rings. The van der Waals surface area contributed by atoms with Crippen LogP contribution in [0.5, 0.6) is 17.2 Å². The van der Waals surface area contributed by atoms with E-state index in [0.29, 0.717) is 35.0 Å². The van der Waals surface area contributed by atoms with Crippen molar-refractivity contribution < 1.29 is 29.2 Å². The summed E-state index contributed by atoms with van der Waals surface area (Å²) in [4.78, 5) is 12.3. The van der Waals surface area contributed by atoms with Crippen LogP contribution in [-0.4, -0.2) is 68.5 Å². The van der Waals surface area contributed by atoms with Crippen LogP contribution in [0.3, 0.4) is 0 Å². The van der Waals surface area contributed by atoms with Crippen molar-refractivity contribution in [1.82, 2.24) is 24.8 Å². The summed E-state index contributed by atoms with van der Waals surface area (Å²) < 4.78 is 23.7. The number of nitrogen functional groups attached to an aromatic ring is 1. The molecule has 2 aliphatic heterocycles. The van der Waals surface area contributed by atoms with Crippen LogP contribution < -0.4 is 25.3 Å². The van der Waals surface area contributed by atoms with E-state index in [1.165, 1.54) is 12.7 Å². The second-order valence-corrected chi connectivity index (χ2v) is 7.28. The molecular weight excluding hydrogens is 408 g/mol. The van der Waals surface area contributed by atoms with Crippen LogP contribution in [0.1, 0.15) is 11.8 Å². The molecule has 5 N–H and O–H groups in total. The van der Waals surface area contributed by atoms with Crippen LogP contribution >= 0.6 is 0 Å². The maximum absolute atomic E-state index is 10.6. The predicted octanol–water partition coefficient (Wildman–Crippen LogP) is -0.445. The number of hydrogen-bond acceptors (Lipinski definition) is 11. The number of aliphatic hydroxyl groups is 2. The highest BCUT2D eigenvalue weighted by atomic mass is 16.7. The molecule has 12 nitrogen and oxygen atoms in total. The van der Waals surface area contributed by atoms with Crippen molar-refractivity contribution in [3.05, 3.63) is 30.4 Å². The first-order valence-electron chi connectivity index (χ1n) is 9.68. The van der Waals surface area contributed by atoms with Gasteiger partial charge in [0.05, 0.1) is 13.4 Å². The van der Waals surface area contributed by atoms with E-state index in [-0.39, 0.29) is 19.2 Å². The lowest BCUT2D eigenvalue weighted by Gasteiger charge is -2.17. The third-order valence-corrected chi connectivity index (χ3v) is 5.44. The second-order valence-electron chi connectivity index (χ2n) is 7.28. The number of nitrogens with two attached hydrogens (primary N) is 1. The van der Waals surface area contributed by atoms with Gasteiger partial charge in [-0.05, 0) is 6.07 Å². The van der Waals surface area contributed by atoms with Crippen molar-refractivity contribution in [1.29, 1.82) is 0 Å². The molecule has 1 saturated heterocycles. The highest BCUT2D eigenvalue weighted by Crippen LogP contribution is 2.38. The quantitative estimate of drug-likeness (QED) is 0.401. The fourth-order valence-electron chi connectivity index (χ4n) is 3.83. The van der Waals surface area contributed by atoms with Crippen LogP contribution in [0.4, 0.5) is 5.82 Å². The van der Waals surface area contributed by atoms with Crippen molar-refractivity contribution in [2.24, 2.45) is 0 Å². The molecule has 4 atom stereocenters. The van der Waals surface area contributed by atoms with E-state index < -0.39 is 24.5 Å². The number of ether oxygens (including phenoxy) is 4. The van der Waals surface area contributed by atoms with Gasteiger partial charge in [-0.3, -0.25) is 4.57 Å². The Balaban J connectivity index is 1.27. The average Bonchev–Trinajstić information content (AvgIpc) is 3.47. The number of rotatable bonds is 6. The predicted molar refractivity (Wildman–Crippen MR) is 106 cm³/mol. The normalized spacial score (nSPS) is 24.7. The third-order valence-electron chi connectivity index (χ3n) is 5.44. The molecule has 0 aliphatic carbocycles. The molecular formula is C19H22N6O6. The first kappa shape index (κ1) is 19.8. The SMILES string of the molecule is COc1cc2c(cc1CNC[C@H]1O[C@@H](n3cnc4c(N)ncnc43)[C@H](O)[C@@H]1O)OCO2. The third kappa shape index (κ3) is 3.39. The van der Waals surface area contributed by atoms with Gasteiger partial charge in [-0.15, -0.1) is 0 Å². The standard InChI is InChI=1S/C19H22N6O6/c1-28-10-3-12-11(29-8-30-12)2-9(10)4-21-5-13-15(26)16(27)19(31-13)25-7-24-14-17(20)22-6-23-18(14)25/h2-3,6-7,13,15-16,19,21,26-27H,4-5,8H2,1H3,(H2,20,22,23)/t13-,15-,16-,19-/m1/s1. The summed E-state index contributed by atoms with van der Waals surface area (Å²) in [7, 11) is 1.58. The smallest absolute Gasteiger partial charge is 0.231 e. The minimum Gasteiger partial charge on any atom is -0.496 e. The molecule has 1 fully saturated rings. The molecule has 31 heavy (non-hydrogen) atoms. The lowest BCUT2D eigenvalue weighted by molar-refractivity contribution is -0.0342. The van der Waals surface area contributed by atoms with E-state index in [4.69, 9.17) is 24.7 Å². The van der Waals surface area contributed by atoms with Crippen molar-refractivity contribution in [3.8, 4) is 17.2 Å². The number of methoxy groups -OCH3 is 1. The average molecular weight is 430 g/mol. The molecule has 0 bridgehead atoms. The summed E-state index contributed by atoms with van der Waals surface area (Å²) in [5, 5.41) is 24.3. The number of fused-ring (bicyclic) bond motifs is 2. The molecule has 2 aromatic heterocycles. The van der Waals surface area contributed by atoms with Crippen LogP contribution in [0.25, 0.3) is 11.2 Å². The molecule has 4 heterocycles. The maximum atomic E-state index is 10.6. The van der Waals surface area contributed by atoms with E-state index in [2.05, 4.69) is 20.3 Å². The lowest BCUT2D eigenvalue weighted by Crippen LogP contribution is -2.37. The molecule has 0 spiro atoms. The molecule has 164 valence electrons. The molecule has 0 radical (unpaired) electrons. The van der Waals surface area contributed by atoms with Crippen LogP contribution in [-0.2, 0) is 11.3 Å². The summed E-state index contributed by atoms with van der Waals surface area (Å²) in [5.41, 5.74) is 7.51. The topological polar surface area (TPSA) is 159 Å². The number of hydrogen-bond donors (Lipinski definition) is 4. The largest absolute Gasteiger partial charge is 0.496 e. The molecule has 1 aromatic carbocycles. The van der Waals surface area contributed by atoms with Crippen molar-refractivity contribution in [2.75, 3.05) is 26.2 Å². The van der Waals surface area contributed by atoms with E-state index in [9.17, 15) is 10.2 Å². The van der Waals surface area contributed by atoms with E-state index >= 15 is 0 Å². The zero-order valence-corrected chi connectivity index (χ0v) is 16.6. The number of imidazole rings is 1. The van der Waals surface area contributed by atoms with Gasteiger partial charge < -0.3 is 40.2 Å². The van der Waals surface area contributed by atoms with Crippen LogP contribution in [0.15, 0.2) is 24.8 Å². The summed E-state index contributed by atoms with van der Waals surface area (Å²) in [6.45, 7) is 0.900. The Hall–Kier alpha value is -3.19. The Kier molecular flexibility index (Phi) is 4.98. The van der Waals surface area contributed by atoms with Gasteiger partial charge in [0.1, 0.15) is 35.9 Å². The fraction of sp³-hybridized carbons (Fsp3) is 0.421. The summed E-state index contributed by atoms with van der Waals surface area (Å²) in [5.74, 6) is 2.17. The molecule has 12 heteroatoms. The Bertz CT molecular complexity index is 1110. The minimum absolute atomic E-state index is 0.177. The minimum atomic E-state index is -1.17. The number of anilines is 1. The highest BCUT2D eigenvalue weighted by Gasteiger charge is 2.44. The number of aliphatic hydroxyl groups excluding tert-OH is 2. The van der Waals surface area contributed by atoms with Crippen LogP contribution in [0.2, 0.25) is 0 Å². The van der Waals surface area contributed by atoms with Gasteiger partial charge in [0, 0.05) is 24.7 Å². The van der Waals surface area contributed by atoms with Crippen LogP contribution in [0, 0.1) is 0 Å². The van der Waals surface area contributed by atoms with Crippen molar-refractivity contribution >= 4 is 17.0 Å². The first-order chi connectivity index (χ1) is 15.1. The molecule has 0 saturated carbocycles. The summed E-state index contributed by atoms with van der Waals surface area (Å²) in [6.07, 6.45) is -1.01. The Morgan fingerprint density at radius 1 is 1.19 bits per heavy atom.